The van der Waals surface area contributed by atoms with E-state index in [1.54, 1.807) is 0 Å². The molecule has 1 aromatic carbocycles. The predicted octanol–water partition coefficient (Wildman–Crippen LogP) is 3.66. The van der Waals surface area contributed by atoms with Gasteiger partial charge in [-0.3, -0.25) is 0 Å². The predicted molar refractivity (Wildman–Crippen MR) is 63.0 cm³/mol. The second-order valence-corrected chi connectivity index (χ2v) is 5.04. The van der Waals surface area contributed by atoms with Gasteiger partial charge in [0, 0.05) is 11.5 Å². The summed E-state index contributed by atoms with van der Waals surface area (Å²) in [6.45, 7) is 0.677. The van der Waals surface area contributed by atoms with E-state index in [4.69, 9.17) is 5.53 Å². The van der Waals surface area contributed by atoms with Crippen molar-refractivity contribution < 1.29 is 0 Å². The number of nitrogens with zero attached hydrogens (tertiary/aromatic N) is 3. The van der Waals surface area contributed by atoms with Crippen molar-refractivity contribution in [3.8, 4) is 0 Å². The molecule has 3 saturated carbocycles. The third-order valence-electron chi connectivity index (χ3n) is 4.56. The average molecular weight is 213 g/mol. The lowest BCUT2D eigenvalue weighted by Gasteiger charge is -2.47. The average Bonchev–Trinajstić information content (AvgIpc) is 2.89. The molecule has 0 amide bonds. The van der Waals surface area contributed by atoms with E-state index in [0.717, 1.165) is 5.92 Å². The van der Waals surface area contributed by atoms with Gasteiger partial charge in [-0.2, -0.15) is 0 Å². The van der Waals surface area contributed by atoms with Gasteiger partial charge in [0.15, 0.2) is 0 Å². The molecule has 0 spiro atoms. The molecule has 4 rings (SSSR count). The fraction of sp³-hybridized carbons (Fsp3) is 0.538. The van der Waals surface area contributed by atoms with Crippen LogP contribution < -0.4 is 0 Å². The quantitative estimate of drug-likeness (QED) is 0.418. The van der Waals surface area contributed by atoms with Crippen molar-refractivity contribution in [1.29, 1.82) is 0 Å². The summed E-state index contributed by atoms with van der Waals surface area (Å²) in [5.74, 6) is 1.39. The van der Waals surface area contributed by atoms with Crippen LogP contribution in [0, 0.1) is 11.8 Å². The Morgan fingerprint density at radius 2 is 2.19 bits per heavy atom. The van der Waals surface area contributed by atoms with Crippen molar-refractivity contribution in [2.75, 3.05) is 6.54 Å². The third kappa shape index (κ3) is 1.18. The van der Waals surface area contributed by atoms with Gasteiger partial charge in [0.2, 0.25) is 0 Å². The minimum atomic E-state index is 0.333. The summed E-state index contributed by atoms with van der Waals surface area (Å²) in [6.07, 6.45) is 3.87. The van der Waals surface area contributed by atoms with Gasteiger partial charge in [-0.25, -0.2) is 0 Å². The van der Waals surface area contributed by atoms with Crippen molar-refractivity contribution in [1.82, 2.24) is 0 Å². The summed E-state index contributed by atoms with van der Waals surface area (Å²) < 4.78 is 0. The molecule has 3 atom stereocenters. The van der Waals surface area contributed by atoms with Crippen LogP contribution in [-0.4, -0.2) is 6.54 Å². The molecule has 3 nitrogen and oxygen atoms in total. The van der Waals surface area contributed by atoms with E-state index in [2.05, 4.69) is 40.4 Å². The second-order valence-electron chi connectivity index (χ2n) is 5.04. The van der Waals surface area contributed by atoms with Crippen LogP contribution in [0.15, 0.2) is 35.4 Å². The molecular weight excluding hydrogens is 198 g/mol. The van der Waals surface area contributed by atoms with Gasteiger partial charge in [-0.15, -0.1) is 0 Å². The Kier molecular flexibility index (Phi) is 2.15. The molecule has 0 N–H and O–H groups in total. The van der Waals surface area contributed by atoms with Crippen LogP contribution in [0.2, 0.25) is 0 Å². The molecule has 3 aliphatic rings. The lowest BCUT2D eigenvalue weighted by Crippen LogP contribution is -2.45. The lowest BCUT2D eigenvalue weighted by atomic mass is 9.57. The number of hydrogen-bond donors (Lipinski definition) is 0. The SMILES string of the molecule is [N-]=[N+]=NCC1C2CCC1(c1ccccc1)C2. The van der Waals surface area contributed by atoms with Crippen LogP contribution in [0.4, 0.5) is 0 Å². The highest BCUT2D eigenvalue weighted by Crippen LogP contribution is 2.63. The van der Waals surface area contributed by atoms with Crippen LogP contribution in [0.25, 0.3) is 10.4 Å². The molecular formula is C13H15N3. The Bertz CT molecular complexity index is 432. The normalized spacial score (nSPS) is 35.2. The van der Waals surface area contributed by atoms with E-state index in [1.807, 2.05) is 0 Å². The smallest absolute Gasteiger partial charge is 0.0297 e. The van der Waals surface area contributed by atoms with Crippen LogP contribution in [-0.2, 0) is 5.41 Å². The van der Waals surface area contributed by atoms with Crippen LogP contribution >= 0.6 is 0 Å². The first-order chi connectivity index (χ1) is 7.87. The highest BCUT2D eigenvalue weighted by Gasteiger charge is 2.58. The molecule has 1 aromatic rings. The molecule has 0 aliphatic heterocycles. The van der Waals surface area contributed by atoms with E-state index in [-0.39, 0.29) is 0 Å². The zero-order valence-electron chi connectivity index (χ0n) is 9.21. The second kappa shape index (κ2) is 3.53. The van der Waals surface area contributed by atoms with Gasteiger partial charge in [-0.05, 0) is 47.6 Å². The molecule has 2 bridgehead atoms. The van der Waals surface area contributed by atoms with Gasteiger partial charge in [0.05, 0.1) is 0 Å². The minimum Gasteiger partial charge on any atom is -0.0936 e. The zero-order valence-corrected chi connectivity index (χ0v) is 9.21. The number of hydrogen-bond acceptors (Lipinski definition) is 1. The zero-order chi connectivity index (χ0) is 11.0. The monoisotopic (exact) mass is 213 g/mol. The first-order valence-corrected chi connectivity index (χ1v) is 5.93. The van der Waals surface area contributed by atoms with Crippen molar-refractivity contribution in [3.63, 3.8) is 0 Å². The van der Waals surface area contributed by atoms with E-state index < -0.39 is 0 Å². The Labute approximate surface area is 95.1 Å². The summed E-state index contributed by atoms with van der Waals surface area (Å²) in [4.78, 5) is 2.90. The standard InChI is InChI=1S/C13H15N3/c14-16-15-9-12-10-6-7-13(12,8-10)11-4-2-1-3-5-11/h1-5,10,12H,6-9H2. The summed E-state index contributed by atoms with van der Waals surface area (Å²) in [6, 6.07) is 10.7. The summed E-state index contributed by atoms with van der Waals surface area (Å²) in [7, 11) is 0. The number of fused-ring (bicyclic) bond motifs is 1. The Morgan fingerprint density at radius 3 is 2.88 bits per heavy atom. The number of rotatable bonds is 3. The molecule has 0 heterocycles. The first-order valence-electron chi connectivity index (χ1n) is 5.93. The maximum atomic E-state index is 8.44. The molecule has 0 saturated heterocycles. The molecule has 3 unspecified atom stereocenters. The van der Waals surface area contributed by atoms with Crippen molar-refractivity contribution in [2.24, 2.45) is 17.0 Å². The third-order valence-corrected chi connectivity index (χ3v) is 4.56. The van der Waals surface area contributed by atoms with Crippen molar-refractivity contribution in [2.45, 2.75) is 24.7 Å². The van der Waals surface area contributed by atoms with Gasteiger partial charge in [-0.1, -0.05) is 35.4 Å². The molecule has 0 radical (unpaired) electrons. The van der Waals surface area contributed by atoms with Crippen LogP contribution in [0.1, 0.15) is 24.8 Å². The molecule has 3 aliphatic carbocycles. The molecule has 3 heteroatoms. The maximum absolute atomic E-state index is 8.44. The fourth-order valence-corrected chi connectivity index (χ4v) is 3.78. The summed E-state index contributed by atoms with van der Waals surface area (Å²) in [5.41, 5.74) is 10.2. The van der Waals surface area contributed by atoms with Crippen molar-refractivity contribution >= 4 is 0 Å². The molecule has 82 valence electrons. The summed E-state index contributed by atoms with van der Waals surface area (Å²) >= 11 is 0. The van der Waals surface area contributed by atoms with Gasteiger partial charge >= 0.3 is 0 Å². The van der Waals surface area contributed by atoms with Crippen molar-refractivity contribution in [3.05, 3.63) is 46.3 Å². The van der Waals surface area contributed by atoms with E-state index >= 15 is 0 Å². The highest BCUT2D eigenvalue weighted by molar-refractivity contribution is 5.33. The minimum absolute atomic E-state index is 0.333. The Hall–Kier alpha value is -1.47. The van der Waals surface area contributed by atoms with E-state index in [0.29, 0.717) is 17.9 Å². The van der Waals surface area contributed by atoms with E-state index in [9.17, 15) is 0 Å². The molecule has 16 heavy (non-hydrogen) atoms. The first kappa shape index (κ1) is 9.73. The topological polar surface area (TPSA) is 48.8 Å². The van der Waals surface area contributed by atoms with E-state index in [1.165, 1.54) is 24.8 Å². The van der Waals surface area contributed by atoms with Gasteiger partial charge in [0.25, 0.3) is 0 Å². The van der Waals surface area contributed by atoms with Crippen LogP contribution in [0.5, 0.6) is 0 Å². The number of benzene rings is 1. The Balaban J connectivity index is 1.91. The van der Waals surface area contributed by atoms with Crippen LogP contribution in [0.3, 0.4) is 0 Å². The number of azide groups is 1. The Morgan fingerprint density at radius 1 is 1.38 bits per heavy atom. The van der Waals surface area contributed by atoms with Gasteiger partial charge < -0.3 is 0 Å². The summed E-state index contributed by atoms with van der Waals surface area (Å²) in [5, 5.41) is 3.79. The maximum Gasteiger partial charge on any atom is 0.0297 e. The lowest BCUT2D eigenvalue weighted by molar-refractivity contribution is 0.118. The van der Waals surface area contributed by atoms with Gasteiger partial charge in [0.1, 0.15) is 0 Å². The largest absolute Gasteiger partial charge is 0.0936 e. The molecule has 3 fully saturated rings. The highest BCUT2D eigenvalue weighted by atomic mass is 15.1. The fourth-order valence-electron chi connectivity index (χ4n) is 3.78. The molecule has 0 aromatic heterocycles.